The Hall–Kier alpha value is -2.41. The van der Waals surface area contributed by atoms with Crippen molar-refractivity contribution in [2.45, 2.75) is 6.92 Å². The van der Waals surface area contributed by atoms with E-state index in [4.69, 9.17) is 9.47 Å². The first-order chi connectivity index (χ1) is 11.6. The van der Waals surface area contributed by atoms with Gasteiger partial charge in [-0.25, -0.2) is 14.4 Å². The van der Waals surface area contributed by atoms with Crippen LogP contribution in [0, 0.1) is 5.82 Å². The van der Waals surface area contributed by atoms with Gasteiger partial charge in [0.05, 0.1) is 24.9 Å². The van der Waals surface area contributed by atoms with Crippen molar-refractivity contribution in [3.63, 3.8) is 0 Å². The van der Waals surface area contributed by atoms with E-state index in [0.29, 0.717) is 45.0 Å². The zero-order chi connectivity index (χ0) is 17.1. The highest BCUT2D eigenvalue weighted by molar-refractivity contribution is 9.10. The summed E-state index contributed by atoms with van der Waals surface area (Å²) in [5, 5.41) is 3.71. The first kappa shape index (κ1) is 16.4. The molecule has 3 aromatic rings. The number of fused-ring (bicyclic) bond motifs is 1. The molecule has 0 radical (unpaired) electrons. The maximum atomic E-state index is 14.1. The number of aromatic nitrogens is 2. The minimum Gasteiger partial charge on any atom is -0.493 e. The molecule has 0 bridgehead atoms. The highest BCUT2D eigenvalue weighted by Gasteiger charge is 2.12. The highest BCUT2D eigenvalue weighted by atomic mass is 79.9. The van der Waals surface area contributed by atoms with Gasteiger partial charge in [-0.15, -0.1) is 0 Å². The summed E-state index contributed by atoms with van der Waals surface area (Å²) in [6, 6.07) is 8.34. The van der Waals surface area contributed by atoms with Crippen molar-refractivity contribution in [3.05, 3.63) is 46.9 Å². The van der Waals surface area contributed by atoms with Gasteiger partial charge in [-0.2, -0.15) is 0 Å². The second kappa shape index (κ2) is 7.00. The fourth-order valence-corrected chi connectivity index (χ4v) is 2.64. The summed E-state index contributed by atoms with van der Waals surface area (Å²) in [6.45, 7) is 2.41. The number of nitrogens with one attached hydrogen (secondary N) is 1. The van der Waals surface area contributed by atoms with Crippen LogP contribution in [0.4, 0.5) is 15.9 Å². The molecule has 3 rings (SSSR count). The Bertz CT molecular complexity index is 889. The first-order valence-electron chi connectivity index (χ1n) is 7.30. The maximum absolute atomic E-state index is 14.1. The van der Waals surface area contributed by atoms with Crippen molar-refractivity contribution in [1.29, 1.82) is 0 Å². The van der Waals surface area contributed by atoms with Crippen molar-refractivity contribution < 1.29 is 13.9 Å². The van der Waals surface area contributed by atoms with Gasteiger partial charge in [0.25, 0.3) is 0 Å². The summed E-state index contributed by atoms with van der Waals surface area (Å²) in [5.74, 6) is 1.28. The lowest BCUT2D eigenvalue weighted by atomic mass is 10.2. The van der Waals surface area contributed by atoms with E-state index >= 15 is 0 Å². The van der Waals surface area contributed by atoms with Crippen LogP contribution >= 0.6 is 15.9 Å². The van der Waals surface area contributed by atoms with Crippen LogP contribution in [-0.2, 0) is 0 Å². The molecule has 0 spiro atoms. The van der Waals surface area contributed by atoms with E-state index < -0.39 is 0 Å². The number of rotatable bonds is 5. The van der Waals surface area contributed by atoms with E-state index in [-0.39, 0.29) is 5.82 Å². The molecule has 0 saturated carbocycles. The Balaban J connectivity index is 2.07. The van der Waals surface area contributed by atoms with Gasteiger partial charge >= 0.3 is 0 Å². The number of nitrogens with zero attached hydrogens (tertiary/aromatic N) is 2. The van der Waals surface area contributed by atoms with E-state index in [1.54, 1.807) is 31.4 Å². The Kier molecular flexibility index (Phi) is 4.80. The minimum absolute atomic E-state index is 0.325. The third kappa shape index (κ3) is 3.26. The molecule has 0 aliphatic carbocycles. The van der Waals surface area contributed by atoms with Gasteiger partial charge in [-0.3, -0.25) is 0 Å². The summed E-state index contributed by atoms with van der Waals surface area (Å²) in [5.41, 5.74) is 1.00. The lowest BCUT2D eigenvalue weighted by Crippen LogP contribution is -2.00. The summed E-state index contributed by atoms with van der Waals surface area (Å²) in [7, 11) is 1.56. The number of ether oxygens (including phenoxy) is 2. The van der Waals surface area contributed by atoms with Crippen molar-refractivity contribution in [2.75, 3.05) is 19.0 Å². The zero-order valence-electron chi connectivity index (χ0n) is 13.1. The van der Waals surface area contributed by atoms with E-state index in [1.165, 1.54) is 12.4 Å². The van der Waals surface area contributed by atoms with Crippen LogP contribution in [0.2, 0.25) is 0 Å². The largest absolute Gasteiger partial charge is 0.493 e. The van der Waals surface area contributed by atoms with Gasteiger partial charge < -0.3 is 14.8 Å². The Morgan fingerprint density at radius 2 is 2.00 bits per heavy atom. The van der Waals surface area contributed by atoms with Crippen LogP contribution in [0.5, 0.6) is 11.5 Å². The molecule has 0 aliphatic rings. The molecule has 24 heavy (non-hydrogen) atoms. The number of hydrogen-bond donors (Lipinski definition) is 1. The summed E-state index contributed by atoms with van der Waals surface area (Å²) in [6.07, 6.45) is 1.42. The van der Waals surface area contributed by atoms with Gasteiger partial charge in [0.2, 0.25) is 0 Å². The molecule has 0 unspecified atom stereocenters. The van der Waals surface area contributed by atoms with Gasteiger partial charge in [0, 0.05) is 15.9 Å². The summed E-state index contributed by atoms with van der Waals surface area (Å²) in [4.78, 5) is 8.47. The fraction of sp³-hybridized carbons (Fsp3) is 0.176. The van der Waals surface area contributed by atoms with Crippen LogP contribution < -0.4 is 14.8 Å². The van der Waals surface area contributed by atoms with Crippen LogP contribution in [0.3, 0.4) is 0 Å². The molecule has 124 valence electrons. The van der Waals surface area contributed by atoms with Crippen LogP contribution in [-0.4, -0.2) is 23.7 Å². The SMILES string of the molecule is CCOc1cc2ncnc(Nc3ccc(Br)cc3F)c2cc1OC. The second-order valence-electron chi connectivity index (χ2n) is 4.92. The van der Waals surface area contributed by atoms with E-state index in [9.17, 15) is 4.39 Å². The molecular weight excluding hydrogens is 377 g/mol. The van der Waals surface area contributed by atoms with Crippen molar-refractivity contribution in [2.24, 2.45) is 0 Å². The lowest BCUT2D eigenvalue weighted by Gasteiger charge is -2.13. The molecule has 1 heterocycles. The average Bonchev–Trinajstić information content (AvgIpc) is 2.57. The van der Waals surface area contributed by atoms with Gasteiger partial charge in [-0.05, 0) is 31.2 Å². The predicted octanol–water partition coefficient (Wildman–Crippen LogP) is 4.68. The smallest absolute Gasteiger partial charge is 0.163 e. The Morgan fingerprint density at radius 1 is 1.17 bits per heavy atom. The number of methoxy groups -OCH3 is 1. The zero-order valence-corrected chi connectivity index (χ0v) is 14.7. The Morgan fingerprint density at radius 3 is 2.71 bits per heavy atom. The lowest BCUT2D eigenvalue weighted by molar-refractivity contribution is 0.311. The topological polar surface area (TPSA) is 56.3 Å². The molecule has 2 aromatic carbocycles. The standard InChI is InChI=1S/C17H15BrFN3O2/c1-3-24-16-8-14-11(7-15(16)23-2)17(21-9-20-14)22-13-5-4-10(18)6-12(13)19/h4-9H,3H2,1-2H3,(H,20,21,22). The van der Waals surface area contributed by atoms with E-state index in [1.807, 2.05) is 6.92 Å². The monoisotopic (exact) mass is 391 g/mol. The molecule has 1 N–H and O–H groups in total. The number of hydrogen-bond acceptors (Lipinski definition) is 5. The van der Waals surface area contributed by atoms with Crippen LogP contribution in [0.1, 0.15) is 6.92 Å². The molecule has 0 atom stereocenters. The second-order valence-corrected chi connectivity index (χ2v) is 5.84. The van der Waals surface area contributed by atoms with Gasteiger partial charge in [-0.1, -0.05) is 15.9 Å². The predicted molar refractivity (Wildman–Crippen MR) is 94.6 cm³/mol. The summed E-state index contributed by atoms with van der Waals surface area (Å²) >= 11 is 3.24. The third-order valence-electron chi connectivity index (χ3n) is 3.40. The molecule has 0 aliphatic heterocycles. The minimum atomic E-state index is -0.381. The van der Waals surface area contributed by atoms with Crippen LogP contribution in [0.25, 0.3) is 10.9 Å². The molecule has 0 fully saturated rings. The number of halogens is 2. The molecule has 0 amide bonds. The van der Waals surface area contributed by atoms with Gasteiger partial charge in [0.15, 0.2) is 11.5 Å². The number of benzene rings is 2. The number of anilines is 2. The quantitative estimate of drug-likeness (QED) is 0.683. The van der Waals surface area contributed by atoms with Crippen molar-refractivity contribution >= 4 is 38.3 Å². The molecule has 1 aromatic heterocycles. The third-order valence-corrected chi connectivity index (χ3v) is 3.90. The molecule has 0 saturated heterocycles. The normalized spacial score (nSPS) is 10.7. The van der Waals surface area contributed by atoms with E-state index in [2.05, 4.69) is 31.2 Å². The van der Waals surface area contributed by atoms with Crippen molar-refractivity contribution in [1.82, 2.24) is 9.97 Å². The molecular formula is C17H15BrFN3O2. The van der Waals surface area contributed by atoms with Crippen molar-refractivity contribution in [3.8, 4) is 11.5 Å². The Labute approximate surface area is 147 Å². The fourth-order valence-electron chi connectivity index (χ4n) is 2.31. The van der Waals surface area contributed by atoms with Gasteiger partial charge in [0.1, 0.15) is 18.0 Å². The summed E-state index contributed by atoms with van der Waals surface area (Å²) < 4.78 is 25.7. The van der Waals surface area contributed by atoms with E-state index in [0.717, 1.165) is 0 Å². The molecule has 7 heteroatoms. The van der Waals surface area contributed by atoms with Crippen LogP contribution in [0.15, 0.2) is 41.1 Å². The first-order valence-corrected chi connectivity index (χ1v) is 8.09. The average molecular weight is 392 g/mol. The maximum Gasteiger partial charge on any atom is 0.163 e. The highest BCUT2D eigenvalue weighted by Crippen LogP contribution is 2.35. The molecule has 5 nitrogen and oxygen atoms in total.